The molecule has 3 aromatic rings. The molecule has 2 aromatic heterocycles. The summed E-state index contributed by atoms with van der Waals surface area (Å²) < 4.78 is 18.6. The first-order chi connectivity index (χ1) is 8.83. The van der Waals surface area contributed by atoms with Crippen molar-refractivity contribution in [3.63, 3.8) is 0 Å². The van der Waals surface area contributed by atoms with E-state index >= 15 is 0 Å². The van der Waals surface area contributed by atoms with E-state index in [-0.39, 0.29) is 11.5 Å². The van der Waals surface area contributed by atoms with E-state index in [0.29, 0.717) is 5.52 Å². The van der Waals surface area contributed by atoms with Crippen molar-refractivity contribution in [2.45, 2.75) is 0 Å². The maximum Gasteiger partial charge on any atom is 0.274 e. The Morgan fingerprint density at radius 3 is 2.83 bits per heavy atom. The number of halogens is 1. The Hall–Kier alpha value is -2.67. The van der Waals surface area contributed by atoms with Gasteiger partial charge in [0.25, 0.3) is 5.89 Å². The number of oxazole rings is 1. The van der Waals surface area contributed by atoms with Gasteiger partial charge in [-0.3, -0.25) is 4.98 Å². The summed E-state index contributed by atoms with van der Waals surface area (Å²) >= 11 is 0. The van der Waals surface area contributed by atoms with E-state index in [0.717, 1.165) is 5.56 Å². The zero-order valence-electron chi connectivity index (χ0n) is 9.22. The number of hydrogen-bond acceptors (Lipinski definition) is 3. The lowest BCUT2D eigenvalue weighted by Crippen LogP contribution is -1.76. The smallest absolute Gasteiger partial charge is 0.274 e. The van der Waals surface area contributed by atoms with Crippen molar-refractivity contribution in [2.24, 2.45) is 0 Å². The van der Waals surface area contributed by atoms with Crippen molar-refractivity contribution in [1.82, 2.24) is 9.97 Å². The van der Waals surface area contributed by atoms with Gasteiger partial charge in [0.15, 0.2) is 11.4 Å². The third kappa shape index (κ3) is 1.94. The largest absolute Gasteiger partial charge is 0.427 e. The number of pyridine rings is 1. The van der Waals surface area contributed by atoms with Gasteiger partial charge in [-0.2, -0.15) is 0 Å². The van der Waals surface area contributed by atoms with Gasteiger partial charge in [0.2, 0.25) is 0 Å². The molecule has 0 spiro atoms. The minimum Gasteiger partial charge on any atom is -0.427 e. The molecule has 0 N–H and O–H groups in total. The molecule has 0 aliphatic carbocycles. The average molecular weight is 238 g/mol. The highest BCUT2D eigenvalue weighted by molar-refractivity contribution is 5.73. The Morgan fingerprint density at radius 2 is 2.06 bits per heavy atom. The molecule has 0 unspecified atom stereocenters. The second-order valence-corrected chi connectivity index (χ2v) is 3.60. The fraction of sp³-hybridized carbons (Fsp3) is 0. The van der Waals surface area contributed by atoms with Crippen LogP contribution in [-0.2, 0) is 0 Å². The van der Waals surface area contributed by atoms with E-state index in [9.17, 15) is 4.39 Å². The standard InChI is InChI=1S/C14H7FN2O/c15-11-4-1-5-12-14(11)18-13(17-12)7-6-10-3-2-8-16-9-10/h1-5,8-9H. The molecule has 0 radical (unpaired) electrons. The first-order valence-corrected chi connectivity index (χ1v) is 5.30. The van der Waals surface area contributed by atoms with Gasteiger partial charge in [-0.15, -0.1) is 0 Å². The molecule has 3 rings (SSSR count). The van der Waals surface area contributed by atoms with Crippen molar-refractivity contribution < 1.29 is 8.81 Å². The normalized spacial score (nSPS) is 10.1. The Balaban J connectivity index is 2.02. The Labute approximate surface area is 102 Å². The fourth-order valence-corrected chi connectivity index (χ4v) is 1.53. The van der Waals surface area contributed by atoms with Gasteiger partial charge in [0, 0.05) is 18.0 Å². The molecule has 0 atom stereocenters. The van der Waals surface area contributed by atoms with Gasteiger partial charge in [0.05, 0.1) is 0 Å². The molecule has 0 fully saturated rings. The lowest BCUT2D eigenvalue weighted by Gasteiger charge is -1.85. The number of nitrogens with zero attached hydrogens (tertiary/aromatic N) is 2. The Bertz CT molecular complexity index is 754. The van der Waals surface area contributed by atoms with Crippen LogP contribution < -0.4 is 0 Å². The lowest BCUT2D eigenvalue weighted by atomic mass is 10.3. The number of benzene rings is 1. The summed E-state index contributed by atoms with van der Waals surface area (Å²) in [7, 11) is 0. The molecule has 1 aromatic carbocycles. The average Bonchev–Trinajstić information content (AvgIpc) is 2.82. The fourth-order valence-electron chi connectivity index (χ4n) is 1.53. The highest BCUT2D eigenvalue weighted by atomic mass is 19.1. The Kier molecular flexibility index (Phi) is 2.50. The summed E-state index contributed by atoms with van der Waals surface area (Å²) in [5, 5.41) is 0. The first kappa shape index (κ1) is 10.5. The number of rotatable bonds is 0. The molecule has 3 nitrogen and oxygen atoms in total. The van der Waals surface area contributed by atoms with Gasteiger partial charge in [-0.1, -0.05) is 12.0 Å². The van der Waals surface area contributed by atoms with Gasteiger partial charge in [0.1, 0.15) is 5.52 Å². The lowest BCUT2D eigenvalue weighted by molar-refractivity contribution is 0.544. The third-order valence-corrected chi connectivity index (χ3v) is 2.34. The van der Waals surface area contributed by atoms with Gasteiger partial charge >= 0.3 is 0 Å². The predicted octanol–water partition coefficient (Wildman–Crippen LogP) is 2.76. The van der Waals surface area contributed by atoms with Crippen molar-refractivity contribution >= 4 is 11.1 Å². The van der Waals surface area contributed by atoms with Crippen molar-refractivity contribution in [2.75, 3.05) is 0 Å². The van der Waals surface area contributed by atoms with Gasteiger partial charge < -0.3 is 4.42 Å². The second kappa shape index (κ2) is 4.30. The summed E-state index contributed by atoms with van der Waals surface area (Å²) in [6, 6.07) is 8.19. The molecule has 0 aliphatic heterocycles. The monoisotopic (exact) mass is 238 g/mol. The third-order valence-electron chi connectivity index (χ3n) is 2.34. The maximum absolute atomic E-state index is 13.4. The highest BCUT2D eigenvalue weighted by Gasteiger charge is 2.07. The summed E-state index contributed by atoms with van der Waals surface area (Å²) in [6.07, 6.45) is 3.30. The van der Waals surface area contributed by atoms with Gasteiger partial charge in [-0.25, -0.2) is 9.37 Å². The van der Waals surface area contributed by atoms with Crippen LogP contribution in [0.5, 0.6) is 0 Å². The topological polar surface area (TPSA) is 38.9 Å². The van der Waals surface area contributed by atoms with E-state index in [4.69, 9.17) is 4.42 Å². The maximum atomic E-state index is 13.4. The van der Waals surface area contributed by atoms with Crippen LogP contribution in [-0.4, -0.2) is 9.97 Å². The zero-order chi connectivity index (χ0) is 12.4. The van der Waals surface area contributed by atoms with Crippen LogP contribution in [0.25, 0.3) is 11.1 Å². The van der Waals surface area contributed by atoms with Crippen LogP contribution in [0.4, 0.5) is 4.39 Å². The second-order valence-electron chi connectivity index (χ2n) is 3.60. The number of fused-ring (bicyclic) bond motifs is 1. The van der Waals surface area contributed by atoms with Crippen LogP contribution in [0.1, 0.15) is 11.5 Å². The van der Waals surface area contributed by atoms with E-state index in [1.807, 2.05) is 6.07 Å². The SMILES string of the molecule is Fc1cccc2nc(C#Cc3cccnc3)oc12. The molecule has 18 heavy (non-hydrogen) atoms. The quantitative estimate of drug-likeness (QED) is 0.565. The predicted molar refractivity (Wildman–Crippen MR) is 64.2 cm³/mol. The molecule has 0 aliphatic rings. The Morgan fingerprint density at radius 1 is 1.11 bits per heavy atom. The van der Waals surface area contributed by atoms with Crippen molar-refractivity contribution in [3.05, 3.63) is 60.0 Å². The molecular formula is C14H7FN2O. The van der Waals surface area contributed by atoms with Crippen LogP contribution in [0.15, 0.2) is 47.1 Å². The van der Waals surface area contributed by atoms with Gasteiger partial charge in [-0.05, 0) is 30.2 Å². The molecule has 2 heterocycles. The van der Waals surface area contributed by atoms with E-state index in [2.05, 4.69) is 21.8 Å². The number of para-hydroxylation sites is 1. The number of aromatic nitrogens is 2. The van der Waals surface area contributed by atoms with E-state index in [1.165, 1.54) is 6.07 Å². The minimum absolute atomic E-state index is 0.132. The summed E-state index contributed by atoms with van der Waals surface area (Å²) in [5.74, 6) is 5.35. The zero-order valence-corrected chi connectivity index (χ0v) is 9.22. The summed E-state index contributed by atoms with van der Waals surface area (Å²) in [4.78, 5) is 8.03. The van der Waals surface area contributed by atoms with Crippen LogP contribution >= 0.6 is 0 Å². The molecular weight excluding hydrogens is 231 g/mol. The summed E-state index contributed by atoms with van der Waals surface area (Å²) in [5.41, 5.74) is 1.35. The number of hydrogen-bond donors (Lipinski definition) is 0. The minimum atomic E-state index is -0.436. The molecule has 0 saturated carbocycles. The van der Waals surface area contributed by atoms with E-state index < -0.39 is 5.82 Å². The van der Waals surface area contributed by atoms with E-state index in [1.54, 1.807) is 30.6 Å². The van der Waals surface area contributed by atoms with Crippen molar-refractivity contribution in [1.29, 1.82) is 0 Å². The van der Waals surface area contributed by atoms with Crippen LogP contribution in [0.3, 0.4) is 0 Å². The van der Waals surface area contributed by atoms with Crippen molar-refractivity contribution in [3.8, 4) is 11.8 Å². The molecule has 4 heteroatoms. The molecule has 0 saturated heterocycles. The molecule has 86 valence electrons. The summed E-state index contributed by atoms with van der Waals surface area (Å²) in [6.45, 7) is 0. The van der Waals surface area contributed by atoms with Crippen LogP contribution in [0, 0.1) is 17.7 Å². The molecule has 0 bridgehead atoms. The molecule has 0 amide bonds. The van der Waals surface area contributed by atoms with Crippen LogP contribution in [0.2, 0.25) is 0 Å². The highest BCUT2D eigenvalue weighted by Crippen LogP contribution is 2.17. The first-order valence-electron chi connectivity index (χ1n) is 5.30.